The van der Waals surface area contributed by atoms with Gasteiger partial charge in [-0.05, 0) is 37.4 Å². The molecule has 2 aliphatic heterocycles. The number of fused-ring (bicyclic) bond motifs is 2. The van der Waals surface area contributed by atoms with Gasteiger partial charge in [0.15, 0.2) is 5.84 Å². The molecule has 0 unspecified atom stereocenters. The van der Waals surface area contributed by atoms with E-state index in [0.717, 1.165) is 49.1 Å². The van der Waals surface area contributed by atoms with Crippen molar-refractivity contribution in [2.75, 3.05) is 38.7 Å². The summed E-state index contributed by atoms with van der Waals surface area (Å²) in [5, 5.41) is 0.702. The number of rotatable bonds is 0. The topological polar surface area (TPSA) is 35.8 Å². The van der Waals surface area contributed by atoms with Crippen molar-refractivity contribution in [3.8, 4) is 0 Å². The van der Waals surface area contributed by atoms with E-state index in [1.807, 2.05) is 35.1 Å². The van der Waals surface area contributed by atoms with Crippen LogP contribution in [0.1, 0.15) is 5.69 Å². The molecule has 2 aromatic rings. The lowest BCUT2D eigenvalue weighted by molar-refractivity contribution is 0.215. The number of aliphatic imine (C=N–C) groups is 1. The van der Waals surface area contributed by atoms with Crippen LogP contribution in [0.3, 0.4) is 0 Å². The van der Waals surface area contributed by atoms with Crippen molar-refractivity contribution < 1.29 is 0 Å². The minimum atomic E-state index is 0.702. The normalized spacial score (nSPS) is 18.1. The van der Waals surface area contributed by atoms with Gasteiger partial charge < -0.3 is 9.80 Å². The van der Waals surface area contributed by atoms with Gasteiger partial charge in [-0.2, -0.15) is 0 Å². The van der Waals surface area contributed by atoms with E-state index in [1.165, 1.54) is 0 Å². The van der Waals surface area contributed by atoms with Crippen LogP contribution in [0.4, 0.5) is 11.4 Å². The molecular weight excluding hydrogens is 298 g/mol. The summed E-state index contributed by atoms with van der Waals surface area (Å²) in [5.41, 5.74) is 6.32. The third kappa shape index (κ3) is 2.36. The summed E-state index contributed by atoms with van der Waals surface area (Å²) in [4.78, 5) is 9.61. The van der Waals surface area contributed by atoms with Crippen molar-refractivity contribution in [1.82, 2.24) is 14.5 Å². The zero-order valence-corrected chi connectivity index (χ0v) is 13.2. The summed E-state index contributed by atoms with van der Waals surface area (Å²) < 4.78 is 2.02. The molecule has 1 fully saturated rings. The number of likely N-dealkylation sites (N-methyl/N-ethyl adjacent to an activating group) is 1. The molecule has 0 saturated carbocycles. The Morgan fingerprint density at radius 2 is 1.95 bits per heavy atom. The number of aromatic nitrogens is 1. The van der Waals surface area contributed by atoms with Crippen molar-refractivity contribution in [3.05, 3.63) is 47.2 Å². The van der Waals surface area contributed by atoms with E-state index in [2.05, 4.69) is 28.3 Å². The number of halogens is 1. The van der Waals surface area contributed by atoms with Crippen LogP contribution in [0.5, 0.6) is 0 Å². The lowest BCUT2D eigenvalue weighted by Gasteiger charge is -2.34. The third-order valence-electron chi connectivity index (χ3n) is 4.21. The molecule has 0 radical (unpaired) electrons. The summed E-state index contributed by atoms with van der Waals surface area (Å²) in [5.74, 6) is 1.01. The number of amidine groups is 1. The van der Waals surface area contributed by atoms with Gasteiger partial charge in [0.05, 0.1) is 11.4 Å². The van der Waals surface area contributed by atoms with Gasteiger partial charge in [-0.25, -0.2) is 4.99 Å². The largest absolute Gasteiger partial charge is 0.352 e. The third-order valence-corrected chi connectivity index (χ3v) is 4.44. The van der Waals surface area contributed by atoms with Crippen LogP contribution in [0.15, 0.2) is 41.5 Å². The Balaban J connectivity index is 1.80. The molecule has 1 aromatic carbocycles. The van der Waals surface area contributed by atoms with Crippen LogP contribution in [0, 0.1) is 0 Å². The number of hydrogen-bond acceptors (Lipinski definition) is 4. The average molecular weight is 316 g/mol. The van der Waals surface area contributed by atoms with E-state index in [0.29, 0.717) is 5.02 Å². The summed E-state index contributed by atoms with van der Waals surface area (Å²) in [6.07, 6.45) is 2.02. The SMILES string of the molecule is CN1CCN(C2=Nc3cc(Cl)ccc3Nn3cccc32)CC1. The van der Waals surface area contributed by atoms with Gasteiger partial charge in [0.25, 0.3) is 0 Å². The zero-order chi connectivity index (χ0) is 15.1. The maximum Gasteiger partial charge on any atom is 0.155 e. The quantitative estimate of drug-likeness (QED) is 0.812. The highest BCUT2D eigenvalue weighted by Crippen LogP contribution is 2.32. The molecule has 1 N–H and O–H groups in total. The summed E-state index contributed by atoms with van der Waals surface area (Å²) in [7, 11) is 2.16. The van der Waals surface area contributed by atoms with Crippen LogP contribution >= 0.6 is 11.6 Å². The molecule has 0 bridgehead atoms. The molecule has 0 spiro atoms. The molecule has 1 saturated heterocycles. The Morgan fingerprint density at radius 3 is 2.77 bits per heavy atom. The fraction of sp³-hybridized carbons (Fsp3) is 0.312. The van der Waals surface area contributed by atoms with Crippen molar-refractivity contribution in [1.29, 1.82) is 0 Å². The van der Waals surface area contributed by atoms with Crippen LogP contribution in [0.25, 0.3) is 0 Å². The van der Waals surface area contributed by atoms with E-state index in [-0.39, 0.29) is 0 Å². The highest BCUT2D eigenvalue weighted by atomic mass is 35.5. The maximum absolute atomic E-state index is 6.14. The molecule has 6 heteroatoms. The number of piperazine rings is 1. The Labute approximate surface area is 134 Å². The Morgan fingerprint density at radius 1 is 1.14 bits per heavy atom. The number of nitrogens with one attached hydrogen (secondary N) is 1. The van der Waals surface area contributed by atoms with Crippen molar-refractivity contribution >= 4 is 28.8 Å². The fourth-order valence-corrected chi connectivity index (χ4v) is 3.07. The first-order valence-electron chi connectivity index (χ1n) is 7.47. The minimum Gasteiger partial charge on any atom is -0.352 e. The standard InChI is InChI=1S/C16H18ClN5/c1-20-7-9-21(10-8-20)16-15-3-2-6-22(15)19-13-5-4-12(17)11-14(13)18-16/h2-6,11,19H,7-10H2,1H3. The van der Waals surface area contributed by atoms with E-state index in [4.69, 9.17) is 16.6 Å². The first-order valence-corrected chi connectivity index (χ1v) is 7.85. The van der Waals surface area contributed by atoms with Gasteiger partial charge in [-0.15, -0.1) is 0 Å². The first-order chi connectivity index (χ1) is 10.7. The second kappa shape index (κ2) is 5.34. The number of hydrogen-bond donors (Lipinski definition) is 1. The first kappa shape index (κ1) is 13.7. The van der Waals surface area contributed by atoms with Crippen LogP contribution < -0.4 is 5.43 Å². The van der Waals surface area contributed by atoms with Gasteiger partial charge in [-0.1, -0.05) is 11.6 Å². The molecule has 2 aliphatic rings. The van der Waals surface area contributed by atoms with E-state index < -0.39 is 0 Å². The van der Waals surface area contributed by atoms with Crippen LogP contribution in [-0.2, 0) is 0 Å². The maximum atomic E-state index is 6.14. The Hall–Kier alpha value is -1.98. The van der Waals surface area contributed by atoms with Gasteiger partial charge in [0.2, 0.25) is 0 Å². The summed E-state index contributed by atoms with van der Waals surface area (Å²) in [6, 6.07) is 9.89. The molecule has 22 heavy (non-hydrogen) atoms. The molecule has 4 rings (SSSR count). The molecule has 0 amide bonds. The molecule has 114 valence electrons. The Kier molecular flexibility index (Phi) is 3.32. The lowest BCUT2D eigenvalue weighted by atomic mass is 10.2. The molecule has 1 aromatic heterocycles. The zero-order valence-electron chi connectivity index (χ0n) is 12.5. The second-order valence-corrected chi connectivity index (χ2v) is 6.20. The minimum absolute atomic E-state index is 0.702. The van der Waals surface area contributed by atoms with Crippen molar-refractivity contribution in [2.24, 2.45) is 4.99 Å². The van der Waals surface area contributed by atoms with Gasteiger partial charge >= 0.3 is 0 Å². The predicted molar refractivity (Wildman–Crippen MR) is 90.2 cm³/mol. The molecular formula is C16H18ClN5. The summed E-state index contributed by atoms with van der Waals surface area (Å²) in [6.45, 7) is 4.07. The van der Waals surface area contributed by atoms with Gasteiger partial charge in [0, 0.05) is 37.4 Å². The molecule has 5 nitrogen and oxygen atoms in total. The van der Waals surface area contributed by atoms with E-state index >= 15 is 0 Å². The highest BCUT2D eigenvalue weighted by Gasteiger charge is 2.23. The van der Waals surface area contributed by atoms with E-state index in [9.17, 15) is 0 Å². The number of benzene rings is 1. The molecule has 0 aliphatic carbocycles. The Bertz CT molecular complexity index is 728. The molecule has 3 heterocycles. The molecule has 0 atom stereocenters. The van der Waals surface area contributed by atoms with Gasteiger partial charge in [0.1, 0.15) is 5.69 Å². The smallest absolute Gasteiger partial charge is 0.155 e. The fourth-order valence-electron chi connectivity index (χ4n) is 2.90. The van der Waals surface area contributed by atoms with Crippen molar-refractivity contribution in [2.45, 2.75) is 0 Å². The predicted octanol–water partition coefficient (Wildman–Crippen LogP) is 2.66. The number of nitrogens with zero attached hydrogens (tertiary/aromatic N) is 4. The van der Waals surface area contributed by atoms with Crippen LogP contribution in [-0.4, -0.2) is 53.5 Å². The van der Waals surface area contributed by atoms with Gasteiger partial charge in [-0.3, -0.25) is 10.1 Å². The highest BCUT2D eigenvalue weighted by molar-refractivity contribution is 6.31. The lowest BCUT2D eigenvalue weighted by Crippen LogP contribution is -2.47. The van der Waals surface area contributed by atoms with E-state index in [1.54, 1.807) is 0 Å². The number of anilines is 1. The average Bonchev–Trinajstić information content (AvgIpc) is 2.91. The van der Waals surface area contributed by atoms with Crippen LogP contribution in [0.2, 0.25) is 5.02 Å². The summed E-state index contributed by atoms with van der Waals surface area (Å²) >= 11 is 6.14. The monoisotopic (exact) mass is 315 g/mol. The second-order valence-electron chi connectivity index (χ2n) is 5.76. The van der Waals surface area contributed by atoms with Crippen molar-refractivity contribution in [3.63, 3.8) is 0 Å².